The molecule has 2 saturated heterocycles. The molecule has 105 heavy (non-hydrogen) atoms. The molecule has 4 heterocycles. The highest BCUT2D eigenvalue weighted by Crippen LogP contribution is 2.48. The van der Waals surface area contributed by atoms with Crippen LogP contribution in [-0.2, 0) is 31.5 Å². The van der Waals surface area contributed by atoms with Crippen molar-refractivity contribution in [3.05, 3.63) is 237 Å². The number of methoxy groups -OCH3 is 6. The van der Waals surface area contributed by atoms with Crippen LogP contribution in [0.4, 0.5) is 11.4 Å². The van der Waals surface area contributed by atoms with Crippen LogP contribution in [0.2, 0.25) is 0 Å². The lowest BCUT2D eigenvalue weighted by Gasteiger charge is -2.32. The summed E-state index contributed by atoms with van der Waals surface area (Å²) in [5.74, 6) is 4.73. The van der Waals surface area contributed by atoms with Crippen molar-refractivity contribution in [2.45, 2.75) is 113 Å². The van der Waals surface area contributed by atoms with E-state index in [1.165, 1.54) is 60.1 Å². The van der Waals surface area contributed by atoms with Crippen LogP contribution >= 0.6 is 31.9 Å². The van der Waals surface area contributed by atoms with Crippen LogP contribution < -0.4 is 39.3 Å². The number of ether oxygens (including phenoxy) is 6. The first-order chi connectivity index (χ1) is 49.0. The Hall–Kier alpha value is -9.25. The zero-order chi connectivity index (χ0) is 71.6. The van der Waals surface area contributed by atoms with Crippen molar-refractivity contribution in [1.29, 1.82) is 0 Å². The van der Waals surface area contributed by atoms with Gasteiger partial charge in [0.05, 0.1) is 87.9 Å². The van der Waals surface area contributed by atoms with Crippen LogP contribution in [-0.4, -0.2) is 90.7 Å². The summed E-state index contributed by atoms with van der Waals surface area (Å²) in [7, 11) is 9.39. The second kappa shape index (κ2) is 30.7. The van der Waals surface area contributed by atoms with Gasteiger partial charge >= 0.3 is 14.2 Å². The monoisotopic (exact) mass is 1530 g/mol. The first-order valence-electron chi connectivity index (χ1n) is 34.2. The highest BCUT2D eigenvalue weighted by atomic mass is 79.9. The maximum Gasteiger partial charge on any atom is 0.494 e. The normalized spacial score (nSPS) is 15.4. The van der Waals surface area contributed by atoms with Gasteiger partial charge in [0, 0.05) is 55.8 Å². The first-order valence-corrected chi connectivity index (χ1v) is 35.7. The summed E-state index contributed by atoms with van der Waals surface area (Å²) in [4.78, 5) is 10.4. The summed E-state index contributed by atoms with van der Waals surface area (Å²) in [6.45, 7) is 16.5. The van der Waals surface area contributed by atoms with Crippen molar-refractivity contribution in [2.24, 2.45) is 9.98 Å². The number of hydrogen-bond donors (Lipinski definition) is 0. The standard InChI is InChI=1S/C44H35NO4.C24H17Br2NO2.C18H28B2O4.3CH4/c1-46-33-15-9-28(10-16-33)27-5-7-29(8-6-27)31-13-20-36-37-21-14-32(30-11-17-34(47-2)18-12-30)24-40(37)44-41(39(36)23-31)26-42(45-44)38-22-19-35(48-3)25-43(38)49-4;1-28-15-5-8-18(23(11-15)29-2)22-12-21-19-9-13(25)3-6-16(19)17-7-4-14(26)10-20(17)24(21)27-22;1-15(2)16(3,4)22-19(21-15)13-9-11-14(12-10-13)20-23-17(5,6)18(7,8)24-20;;;/h5-25H,26H2,1-4H3;3-11H,12H2,1-2H3;9-12H,1-8H3;3*1H4. The van der Waals surface area contributed by atoms with Gasteiger partial charge in [0.2, 0.25) is 0 Å². The highest BCUT2D eigenvalue weighted by molar-refractivity contribution is 9.10. The molecule has 12 nitrogen and oxygen atoms in total. The number of hydrogen-bond acceptors (Lipinski definition) is 12. The van der Waals surface area contributed by atoms with Gasteiger partial charge < -0.3 is 47.0 Å². The van der Waals surface area contributed by atoms with Crippen molar-refractivity contribution in [3.8, 4) is 67.9 Å². The lowest BCUT2D eigenvalue weighted by atomic mass is 9.74. The molecule has 538 valence electrons. The van der Waals surface area contributed by atoms with Gasteiger partial charge in [-0.25, -0.2) is 0 Å². The fourth-order valence-corrected chi connectivity index (χ4v) is 14.5. The molecule has 0 aromatic heterocycles. The third-order valence-corrected chi connectivity index (χ3v) is 22.0. The van der Waals surface area contributed by atoms with Gasteiger partial charge in [0.25, 0.3) is 0 Å². The summed E-state index contributed by atoms with van der Waals surface area (Å²) in [6, 6.07) is 71.5. The van der Waals surface area contributed by atoms with Crippen molar-refractivity contribution < 1.29 is 47.0 Å². The van der Waals surface area contributed by atoms with E-state index in [9.17, 15) is 0 Å². The van der Waals surface area contributed by atoms with Crippen molar-refractivity contribution in [2.75, 3.05) is 42.7 Å². The van der Waals surface area contributed by atoms with Crippen molar-refractivity contribution in [1.82, 2.24) is 0 Å². The molecule has 0 unspecified atom stereocenters. The Morgan fingerprint density at radius 1 is 0.305 bits per heavy atom. The zero-order valence-corrected chi connectivity index (χ0v) is 63.1. The second-order valence-corrected chi connectivity index (χ2v) is 29.9. The topological polar surface area (TPSA) is 117 Å². The lowest BCUT2D eigenvalue weighted by molar-refractivity contribution is 0.00578. The summed E-state index contributed by atoms with van der Waals surface area (Å²) in [5, 5.41) is 9.58. The molecule has 2 fully saturated rings. The van der Waals surface area contributed by atoms with Gasteiger partial charge in [0.15, 0.2) is 0 Å². The molecule has 12 aromatic rings. The maximum absolute atomic E-state index is 6.10. The lowest BCUT2D eigenvalue weighted by Crippen LogP contribution is -2.41. The minimum absolute atomic E-state index is 0. The Bertz CT molecular complexity index is 5200. The van der Waals surface area contributed by atoms with Gasteiger partial charge in [0.1, 0.15) is 34.5 Å². The molecular formula is C89H92B2Br2N2O10. The Morgan fingerprint density at radius 2 is 0.590 bits per heavy atom. The van der Waals surface area contributed by atoms with Crippen LogP contribution in [0.5, 0.6) is 34.5 Å². The SMILES string of the molecule is C.C.C.CC1(C)OB(c2ccc(B3OC(C)(C)C(C)(C)O3)cc2)OC1(C)C.COc1ccc(-c2ccc(-c3ccc4c(c3)c3c(c5cc(-c6ccc(OC)cc6)ccc54)N=C(c4ccc(OC)cc4OC)C3)cc2)cc1.COc1ccc(C2=Nc3c(c4cc(Br)ccc4c4ccc(Br)cc34)C2)c(OC)c1. The minimum atomic E-state index is -0.345. The van der Waals surface area contributed by atoms with Gasteiger partial charge in [-0.15, -0.1) is 0 Å². The smallest absolute Gasteiger partial charge is 0.494 e. The first kappa shape index (κ1) is 76.9. The van der Waals surface area contributed by atoms with E-state index < -0.39 is 0 Å². The van der Waals surface area contributed by atoms with Crippen molar-refractivity contribution >= 4 is 123 Å². The van der Waals surface area contributed by atoms with E-state index in [1.807, 2.05) is 84.9 Å². The number of aliphatic imine (C=N–C) groups is 2. The highest BCUT2D eigenvalue weighted by Gasteiger charge is 2.53. The van der Waals surface area contributed by atoms with Crippen LogP contribution in [0.3, 0.4) is 0 Å². The molecule has 0 saturated carbocycles. The Labute approximate surface area is 636 Å². The van der Waals surface area contributed by atoms with E-state index in [1.54, 1.807) is 42.7 Å². The quantitative estimate of drug-likeness (QED) is 0.0816. The molecule has 0 spiro atoms. The molecule has 0 aliphatic carbocycles. The molecule has 16 heteroatoms. The summed E-state index contributed by atoms with van der Waals surface area (Å²) < 4.78 is 59.5. The van der Waals surface area contributed by atoms with Gasteiger partial charge in [-0.3, -0.25) is 9.98 Å². The number of halogens is 2. The van der Waals surface area contributed by atoms with E-state index in [0.717, 1.165) is 122 Å². The van der Waals surface area contributed by atoms with Crippen LogP contribution in [0, 0.1) is 0 Å². The van der Waals surface area contributed by atoms with Gasteiger partial charge in [-0.1, -0.05) is 163 Å². The molecule has 0 bridgehead atoms. The van der Waals surface area contributed by atoms with Crippen LogP contribution in [0.1, 0.15) is 99.9 Å². The molecule has 12 aromatic carbocycles. The van der Waals surface area contributed by atoms with E-state index in [-0.39, 0.29) is 58.9 Å². The molecule has 0 atom stereocenters. The van der Waals surface area contributed by atoms with E-state index in [2.05, 4.69) is 209 Å². The fourth-order valence-electron chi connectivity index (χ4n) is 13.8. The van der Waals surface area contributed by atoms with E-state index in [0.29, 0.717) is 6.42 Å². The summed E-state index contributed by atoms with van der Waals surface area (Å²) in [6.07, 6.45) is 1.45. The average Bonchev–Trinajstić information content (AvgIpc) is 1.66. The Balaban J connectivity index is 0.000000168. The third-order valence-electron chi connectivity index (χ3n) is 21.0. The number of nitrogens with zero attached hydrogens (tertiary/aromatic N) is 2. The predicted octanol–water partition coefficient (Wildman–Crippen LogP) is 22.1. The molecule has 0 N–H and O–H groups in total. The van der Waals surface area contributed by atoms with Gasteiger partial charge in [-0.05, 0) is 228 Å². The van der Waals surface area contributed by atoms with Crippen LogP contribution in [0.15, 0.2) is 225 Å². The van der Waals surface area contributed by atoms with Crippen LogP contribution in [0.25, 0.3) is 76.5 Å². The molecular weight excluding hydrogens is 1440 g/mol. The third kappa shape index (κ3) is 14.8. The summed E-state index contributed by atoms with van der Waals surface area (Å²) >= 11 is 7.26. The minimum Gasteiger partial charge on any atom is -0.497 e. The number of fused-ring (bicyclic) bond motifs is 12. The maximum atomic E-state index is 6.10. The molecule has 0 amide bonds. The Morgan fingerprint density at radius 3 is 0.952 bits per heavy atom. The van der Waals surface area contributed by atoms with Gasteiger partial charge in [-0.2, -0.15) is 0 Å². The van der Waals surface area contributed by atoms with E-state index in [4.69, 9.17) is 57.0 Å². The van der Waals surface area contributed by atoms with E-state index >= 15 is 0 Å². The summed E-state index contributed by atoms with van der Waals surface area (Å²) in [5.41, 5.74) is 16.1. The average molecular weight is 1530 g/mol. The predicted molar refractivity (Wildman–Crippen MR) is 445 cm³/mol. The Kier molecular flexibility index (Phi) is 22.5. The zero-order valence-electron chi connectivity index (χ0n) is 59.9. The molecule has 4 aliphatic rings. The number of benzene rings is 12. The number of rotatable bonds is 13. The largest absolute Gasteiger partial charge is 0.497 e. The van der Waals surface area contributed by atoms with Crippen molar-refractivity contribution in [3.63, 3.8) is 0 Å². The fraction of sp³-hybridized carbons (Fsp3) is 0.258. The second-order valence-electron chi connectivity index (χ2n) is 28.0. The molecule has 0 radical (unpaired) electrons. The molecule has 16 rings (SSSR count). The molecule has 4 aliphatic heterocycles.